The van der Waals surface area contributed by atoms with E-state index in [1.807, 2.05) is 66.7 Å². The standard InChI is InChI=1S/C40H47N3O6/c1-2-32-33(35-30-20-28-19-29(21-30)23-40(35,22-28)42-38(46)48-24-26-9-5-3-6-10-26)13-14-34(37(44)45)36(32)41-31-15-17-43(18-16-31)39(47)49-25-27-11-7-4-8-12-27/h3-14,28-31,35,41H,2,15-25H2,1H3,(H,42,46)(H,44,45). The maximum atomic E-state index is 13.4. The second-order valence-electron chi connectivity index (χ2n) is 14.6. The number of rotatable bonds is 10. The lowest BCUT2D eigenvalue weighted by molar-refractivity contribution is -0.0409. The molecule has 9 nitrogen and oxygen atoms in total. The van der Waals surface area contributed by atoms with Crippen LogP contribution in [-0.2, 0) is 29.1 Å². The van der Waals surface area contributed by atoms with Crippen LogP contribution in [-0.4, -0.2) is 52.8 Å². The first-order valence-corrected chi connectivity index (χ1v) is 17.9. The topological polar surface area (TPSA) is 117 Å². The number of benzene rings is 3. The van der Waals surface area contributed by atoms with E-state index in [4.69, 9.17) is 9.47 Å². The van der Waals surface area contributed by atoms with Crippen molar-refractivity contribution in [3.8, 4) is 0 Å². The van der Waals surface area contributed by atoms with Gasteiger partial charge in [-0.3, -0.25) is 0 Å². The van der Waals surface area contributed by atoms with Crippen LogP contribution in [0.25, 0.3) is 0 Å². The van der Waals surface area contributed by atoms with Crippen molar-refractivity contribution in [1.29, 1.82) is 0 Å². The highest BCUT2D eigenvalue weighted by Gasteiger charge is 2.58. The Kier molecular flexibility index (Phi) is 9.52. The Morgan fingerprint density at radius 2 is 1.45 bits per heavy atom. The van der Waals surface area contributed by atoms with Crippen molar-refractivity contribution in [3.63, 3.8) is 0 Å². The number of amides is 2. The maximum Gasteiger partial charge on any atom is 0.410 e. The molecule has 1 saturated heterocycles. The summed E-state index contributed by atoms with van der Waals surface area (Å²) in [6, 6.07) is 23.1. The summed E-state index contributed by atoms with van der Waals surface area (Å²) in [6.07, 6.45) is 6.62. The third-order valence-electron chi connectivity index (χ3n) is 11.5. The van der Waals surface area contributed by atoms with Gasteiger partial charge in [0.1, 0.15) is 13.2 Å². The van der Waals surface area contributed by atoms with Crippen LogP contribution < -0.4 is 10.6 Å². The van der Waals surface area contributed by atoms with Crippen LogP contribution in [0.4, 0.5) is 15.3 Å². The first-order valence-electron chi connectivity index (χ1n) is 17.9. The highest BCUT2D eigenvalue weighted by molar-refractivity contribution is 5.95. The predicted molar refractivity (Wildman–Crippen MR) is 186 cm³/mol. The number of nitrogens with zero attached hydrogens (tertiary/aromatic N) is 1. The third kappa shape index (κ3) is 6.98. The van der Waals surface area contributed by atoms with E-state index in [2.05, 4.69) is 17.6 Å². The van der Waals surface area contributed by atoms with Crippen LogP contribution >= 0.6 is 0 Å². The van der Waals surface area contributed by atoms with Crippen molar-refractivity contribution in [2.75, 3.05) is 18.4 Å². The molecule has 0 spiro atoms. The Morgan fingerprint density at radius 1 is 0.837 bits per heavy atom. The zero-order valence-corrected chi connectivity index (χ0v) is 28.2. The number of aromatic carboxylic acids is 1. The summed E-state index contributed by atoms with van der Waals surface area (Å²) in [5.74, 6) is 0.680. The molecule has 3 atom stereocenters. The van der Waals surface area contributed by atoms with Crippen LogP contribution in [0.1, 0.15) is 90.4 Å². The van der Waals surface area contributed by atoms with E-state index in [9.17, 15) is 19.5 Å². The molecule has 3 aromatic carbocycles. The molecule has 258 valence electrons. The average molecular weight is 666 g/mol. The second-order valence-corrected chi connectivity index (χ2v) is 14.6. The molecule has 8 rings (SSSR count). The molecule has 1 aliphatic heterocycles. The molecule has 4 saturated carbocycles. The fraction of sp³-hybridized carbons (Fsp3) is 0.475. The molecule has 4 aliphatic carbocycles. The van der Waals surface area contributed by atoms with Gasteiger partial charge >= 0.3 is 18.2 Å². The fourth-order valence-electron chi connectivity index (χ4n) is 9.63. The summed E-state index contributed by atoms with van der Waals surface area (Å²) in [7, 11) is 0. The van der Waals surface area contributed by atoms with E-state index < -0.39 is 11.5 Å². The highest BCUT2D eigenvalue weighted by Crippen LogP contribution is 2.62. The fourth-order valence-corrected chi connectivity index (χ4v) is 9.63. The third-order valence-corrected chi connectivity index (χ3v) is 11.5. The van der Waals surface area contributed by atoms with Gasteiger partial charge < -0.3 is 30.1 Å². The Hall–Kier alpha value is -4.53. The summed E-state index contributed by atoms with van der Waals surface area (Å²) >= 11 is 0. The molecular formula is C40H47N3O6. The number of alkyl carbamates (subject to hydrolysis) is 1. The molecule has 49 heavy (non-hydrogen) atoms. The lowest BCUT2D eigenvalue weighted by Gasteiger charge is -2.61. The number of carboxylic acids is 1. The molecule has 0 radical (unpaired) electrons. The van der Waals surface area contributed by atoms with E-state index in [0.717, 1.165) is 47.9 Å². The monoisotopic (exact) mass is 665 g/mol. The molecule has 9 heteroatoms. The van der Waals surface area contributed by atoms with Crippen LogP contribution in [0.2, 0.25) is 0 Å². The van der Waals surface area contributed by atoms with Crippen molar-refractivity contribution in [1.82, 2.24) is 10.2 Å². The van der Waals surface area contributed by atoms with Crippen LogP contribution in [0.15, 0.2) is 72.8 Å². The minimum Gasteiger partial charge on any atom is -0.478 e. The summed E-state index contributed by atoms with van der Waals surface area (Å²) in [5, 5.41) is 17.4. The summed E-state index contributed by atoms with van der Waals surface area (Å²) in [6.45, 7) is 3.60. The number of likely N-dealkylation sites (tertiary alicyclic amines) is 1. The molecular weight excluding hydrogens is 618 g/mol. The molecule has 3 unspecified atom stereocenters. The Morgan fingerprint density at radius 3 is 2.04 bits per heavy atom. The average Bonchev–Trinajstić information content (AvgIpc) is 3.10. The van der Waals surface area contributed by atoms with Gasteiger partial charge in [0.2, 0.25) is 0 Å². The molecule has 2 amide bonds. The van der Waals surface area contributed by atoms with Gasteiger partial charge in [-0.2, -0.15) is 0 Å². The van der Waals surface area contributed by atoms with Crippen molar-refractivity contribution in [2.24, 2.45) is 17.8 Å². The Labute approximate surface area is 288 Å². The van der Waals surface area contributed by atoms with Crippen LogP contribution in [0.5, 0.6) is 0 Å². The number of carbonyl (C=O) groups is 3. The molecule has 3 N–H and O–H groups in total. The Balaban J connectivity index is 1.10. The summed E-state index contributed by atoms with van der Waals surface area (Å²) < 4.78 is 11.3. The summed E-state index contributed by atoms with van der Waals surface area (Å²) in [4.78, 5) is 40.6. The number of hydrogen-bond donors (Lipinski definition) is 3. The van der Waals surface area contributed by atoms with E-state index in [0.29, 0.717) is 55.8 Å². The van der Waals surface area contributed by atoms with Crippen molar-refractivity contribution in [3.05, 3.63) is 101 Å². The number of ether oxygens (including phenoxy) is 2. The quantitative estimate of drug-likeness (QED) is 0.203. The lowest BCUT2D eigenvalue weighted by atomic mass is 9.47. The number of hydrogen-bond acceptors (Lipinski definition) is 6. The number of carboxylic acid groups (broad SMARTS) is 1. The highest BCUT2D eigenvalue weighted by atomic mass is 16.6. The molecule has 0 aromatic heterocycles. The van der Waals surface area contributed by atoms with Gasteiger partial charge in [-0.1, -0.05) is 73.7 Å². The zero-order valence-electron chi connectivity index (χ0n) is 28.2. The first-order chi connectivity index (χ1) is 23.8. The second kappa shape index (κ2) is 14.1. The predicted octanol–water partition coefficient (Wildman–Crippen LogP) is 7.75. The number of nitrogens with one attached hydrogen (secondary N) is 2. The van der Waals surface area contributed by atoms with Crippen LogP contribution in [0.3, 0.4) is 0 Å². The first kappa shape index (κ1) is 33.0. The van der Waals surface area contributed by atoms with Crippen molar-refractivity contribution >= 4 is 23.8 Å². The molecule has 5 aliphatic rings. The minimum atomic E-state index is -0.965. The molecule has 4 bridgehead atoms. The van der Waals surface area contributed by atoms with Crippen LogP contribution in [0, 0.1) is 17.8 Å². The zero-order chi connectivity index (χ0) is 34.0. The van der Waals surface area contributed by atoms with Gasteiger partial charge in [-0.15, -0.1) is 0 Å². The molecule has 1 heterocycles. The van der Waals surface area contributed by atoms with E-state index in [-0.39, 0.29) is 42.9 Å². The van der Waals surface area contributed by atoms with Gasteiger partial charge in [0, 0.05) is 25.0 Å². The normalized spacial score (nSPS) is 25.9. The largest absolute Gasteiger partial charge is 0.478 e. The van der Waals surface area contributed by atoms with Gasteiger partial charge in [0.15, 0.2) is 0 Å². The van der Waals surface area contributed by atoms with Gasteiger partial charge in [-0.25, -0.2) is 14.4 Å². The van der Waals surface area contributed by atoms with Crippen molar-refractivity contribution in [2.45, 2.75) is 89.0 Å². The number of carbonyl (C=O) groups excluding carboxylic acids is 2. The summed E-state index contributed by atoms with van der Waals surface area (Å²) in [5.41, 5.74) is 4.56. The van der Waals surface area contributed by atoms with E-state index in [1.165, 1.54) is 6.42 Å². The van der Waals surface area contributed by atoms with Gasteiger partial charge in [0.25, 0.3) is 0 Å². The van der Waals surface area contributed by atoms with Crippen molar-refractivity contribution < 1.29 is 29.0 Å². The maximum absolute atomic E-state index is 13.4. The molecule has 5 fully saturated rings. The Bertz CT molecular complexity index is 1640. The van der Waals surface area contributed by atoms with Gasteiger partial charge in [-0.05, 0) is 97.4 Å². The van der Waals surface area contributed by atoms with Gasteiger partial charge in [0.05, 0.1) is 16.8 Å². The number of anilines is 1. The number of piperidine rings is 1. The van der Waals surface area contributed by atoms with E-state index >= 15 is 0 Å². The SMILES string of the molecule is CCc1c(C2C3CC4CC(C3)CC2(NC(=O)OCc2ccccc2)C4)ccc(C(=O)O)c1NC1CCN(C(=O)OCc2ccccc2)CC1. The lowest BCUT2D eigenvalue weighted by Crippen LogP contribution is -2.64. The molecule has 3 aromatic rings. The smallest absolute Gasteiger partial charge is 0.410 e. The van der Waals surface area contributed by atoms with E-state index in [1.54, 1.807) is 11.0 Å². The minimum absolute atomic E-state index is 0.00960.